The smallest absolute Gasteiger partial charge is 0.218 e. The Morgan fingerprint density at radius 2 is 2.21 bits per heavy atom. The number of hydrogen-bond acceptors (Lipinski definition) is 3. The Morgan fingerprint density at radius 3 is 2.79 bits per heavy atom. The summed E-state index contributed by atoms with van der Waals surface area (Å²) in [6.45, 7) is 0. The second-order valence-corrected chi connectivity index (χ2v) is 3.36. The molecule has 5 heteroatoms. The first-order valence-corrected chi connectivity index (χ1v) is 4.47. The topological polar surface area (TPSA) is 56.7 Å². The van der Waals surface area contributed by atoms with E-state index in [1.807, 2.05) is 12.1 Å². The van der Waals surface area contributed by atoms with Gasteiger partial charge in [0.05, 0.1) is 0 Å². The molecule has 0 radical (unpaired) electrons. The lowest BCUT2D eigenvalue weighted by atomic mass is 10.2. The van der Waals surface area contributed by atoms with E-state index in [0.29, 0.717) is 16.8 Å². The molecule has 0 amide bonds. The molecular weight excluding hydrogens is 200 g/mol. The summed E-state index contributed by atoms with van der Waals surface area (Å²) in [5.74, 6) is 0.979. The van der Waals surface area contributed by atoms with Gasteiger partial charge < -0.3 is 5.73 Å². The van der Waals surface area contributed by atoms with Gasteiger partial charge in [-0.1, -0.05) is 23.7 Å². The lowest BCUT2D eigenvalue weighted by Gasteiger charge is -1.94. The Morgan fingerprint density at radius 1 is 1.43 bits per heavy atom. The van der Waals surface area contributed by atoms with Crippen molar-refractivity contribution in [2.75, 3.05) is 5.73 Å². The minimum absolute atomic E-state index is 0.389. The molecule has 0 spiro atoms. The molecule has 1 aromatic carbocycles. The van der Waals surface area contributed by atoms with Crippen molar-refractivity contribution in [3.05, 3.63) is 29.3 Å². The molecule has 0 fully saturated rings. The number of aryl methyl sites for hydroxylation is 1. The van der Waals surface area contributed by atoms with E-state index in [0.717, 1.165) is 5.56 Å². The van der Waals surface area contributed by atoms with Crippen LogP contribution in [0.25, 0.3) is 11.4 Å². The summed E-state index contributed by atoms with van der Waals surface area (Å²) >= 11 is 5.85. The number of nitrogens with zero attached hydrogens (tertiary/aromatic N) is 3. The normalized spacial score (nSPS) is 10.4. The van der Waals surface area contributed by atoms with Gasteiger partial charge in [-0.15, -0.1) is 5.10 Å². The molecule has 14 heavy (non-hydrogen) atoms. The zero-order valence-electron chi connectivity index (χ0n) is 7.61. The van der Waals surface area contributed by atoms with Crippen LogP contribution in [-0.4, -0.2) is 14.8 Å². The number of benzene rings is 1. The summed E-state index contributed by atoms with van der Waals surface area (Å²) in [7, 11) is 1.75. The number of rotatable bonds is 1. The molecule has 0 aliphatic heterocycles. The van der Waals surface area contributed by atoms with E-state index in [4.69, 9.17) is 17.3 Å². The van der Waals surface area contributed by atoms with E-state index in [1.165, 1.54) is 4.68 Å². The summed E-state index contributed by atoms with van der Waals surface area (Å²) in [5.41, 5.74) is 6.44. The summed E-state index contributed by atoms with van der Waals surface area (Å²) in [6.07, 6.45) is 0. The van der Waals surface area contributed by atoms with Gasteiger partial charge in [0.15, 0.2) is 5.82 Å². The largest absolute Gasteiger partial charge is 0.368 e. The highest BCUT2D eigenvalue weighted by atomic mass is 35.5. The molecule has 2 N–H and O–H groups in total. The SMILES string of the molecule is Cn1nc(-c2cccc(Cl)c2)nc1N. The lowest BCUT2D eigenvalue weighted by molar-refractivity contribution is 0.781. The highest BCUT2D eigenvalue weighted by molar-refractivity contribution is 6.30. The molecule has 4 nitrogen and oxygen atoms in total. The van der Waals surface area contributed by atoms with E-state index < -0.39 is 0 Å². The van der Waals surface area contributed by atoms with E-state index >= 15 is 0 Å². The molecule has 0 aliphatic rings. The Balaban J connectivity index is 2.49. The third-order valence-electron chi connectivity index (χ3n) is 1.88. The van der Waals surface area contributed by atoms with Crippen LogP contribution in [0, 0.1) is 0 Å². The van der Waals surface area contributed by atoms with E-state index in [2.05, 4.69) is 10.1 Å². The maximum Gasteiger partial charge on any atom is 0.218 e. The zero-order valence-corrected chi connectivity index (χ0v) is 8.36. The van der Waals surface area contributed by atoms with Crippen LogP contribution in [0.5, 0.6) is 0 Å². The molecule has 2 rings (SSSR count). The molecule has 72 valence electrons. The van der Waals surface area contributed by atoms with Crippen LogP contribution in [0.3, 0.4) is 0 Å². The number of nitrogen functional groups attached to an aromatic ring is 1. The minimum atomic E-state index is 0.389. The van der Waals surface area contributed by atoms with Gasteiger partial charge in [-0.25, -0.2) is 4.68 Å². The average molecular weight is 209 g/mol. The van der Waals surface area contributed by atoms with E-state index in [9.17, 15) is 0 Å². The fraction of sp³-hybridized carbons (Fsp3) is 0.111. The maximum atomic E-state index is 5.85. The summed E-state index contributed by atoms with van der Waals surface area (Å²) in [4.78, 5) is 4.09. The number of anilines is 1. The fourth-order valence-corrected chi connectivity index (χ4v) is 1.34. The van der Waals surface area contributed by atoms with Gasteiger partial charge in [0, 0.05) is 17.6 Å². The molecular formula is C9H9ClN4. The molecule has 0 atom stereocenters. The lowest BCUT2D eigenvalue weighted by Crippen LogP contribution is -1.97. The van der Waals surface area contributed by atoms with Crippen LogP contribution in [-0.2, 0) is 7.05 Å². The number of halogens is 1. The second-order valence-electron chi connectivity index (χ2n) is 2.93. The van der Waals surface area contributed by atoms with Crippen LogP contribution in [0.2, 0.25) is 5.02 Å². The fourth-order valence-electron chi connectivity index (χ4n) is 1.15. The maximum absolute atomic E-state index is 5.85. The second kappa shape index (κ2) is 3.31. The van der Waals surface area contributed by atoms with Crippen LogP contribution < -0.4 is 5.73 Å². The standard InChI is InChI=1S/C9H9ClN4/c1-14-9(11)12-8(13-14)6-3-2-4-7(10)5-6/h2-5H,1H3,(H2,11,12,13). The molecule has 2 aromatic rings. The van der Waals surface area contributed by atoms with Gasteiger partial charge in [0.2, 0.25) is 5.95 Å². The van der Waals surface area contributed by atoms with Crippen molar-refractivity contribution >= 4 is 17.5 Å². The monoisotopic (exact) mass is 208 g/mol. The number of hydrogen-bond donors (Lipinski definition) is 1. The van der Waals surface area contributed by atoms with Gasteiger partial charge in [-0.3, -0.25) is 0 Å². The summed E-state index contributed by atoms with van der Waals surface area (Å²) < 4.78 is 1.52. The Labute approximate surface area is 86.3 Å². The zero-order chi connectivity index (χ0) is 10.1. The van der Waals surface area contributed by atoms with Gasteiger partial charge in [0.1, 0.15) is 0 Å². The predicted octanol–water partition coefficient (Wildman–Crippen LogP) is 1.72. The van der Waals surface area contributed by atoms with E-state index in [-0.39, 0.29) is 0 Å². The first kappa shape index (κ1) is 9.02. The highest BCUT2D eigenvalue weighted by Crippen LogP contribution is 2.19. The number of aromatic nitrogens is 3. The van der Waals surface area contributed by atoms with Crippen molar-refractivity contribution in [3.63, 3.8) is 0 Å². The third-order valence-corrected chi connectivity index (χ3v) is 2.11. The molecule has 1 aromatic heterocycles. The summed E-state index contributed by atoms with van der Waals surface area (Å²) in [6, 6.07) is 7.35. The van der Waals surface area contributed by atoms with Crippen LogP contribution in [0.1, 0.15) is 0 Å². The Hall–Kier alpha value is -1.55. The van der Waals surface area contributed by atoms with Gasteiger partial charge in [0.25, 0.3) is 0 Å². The van der Waals surface area contributed by atoms with Crippen LogP contribution in [0.15, 0.2) is 24.3 Å². The molecule has 0 saturated carbocycles. The van der Waals surface area contributed by atoms with Crippen LogP contribution in [0.4, 0.5) is 5.95 Å². The minimum Gasteiger partial charge on any atom is -0.368 e. The predicted molar refractivity (Wildman–Crippen MR) is 55.9 cm³/mol. The average Bonchev–Trinajstić information content (AvgIpc) is 2.47. The molecule has 0 saturated heterocycles. The van der Waals surface area contributed by atoms with Crippen molar-refractivity contribution in [3.8, 4) is 11.4 Å². The Kier molecular flexibility index (Phi) is 2.13. The quantitative estimate of drug-likeness (QED) is 0.777. The van der Waals surface area contributed by atoms with Crippen molar-refractivity contribution in [2.45, 2.75) is 0 Å². The van der Waals surface area contributed by atoms with Gasteiger partial charge >= 0.3 is 0 Å². The summed E-state index contributed by atoms with van der Waals surface area (Å²) in [5, 5.41) is 4.80. The number of nitrogens with two attached hydrogens (primary N) is 1. The van der Waals surface area contributed by atoms with Crippen molar-refractivity contribution in [2.24, 2.45) is 7.05 Å². The van der Waals surface area contributed by atoms with Crippen molar-refractivity contribution < 1.29 is 0 Å². The Bertz CT molecular complexity index is 444. The highest BCUT2D eigenvalue weighted by Gasteiger charge is 2.06. The molecule has 0 aliphatic carbocycles. The van der Waals surface area contributed by atoms with Gasteiger partial charge in [-0.05, 0) is 12.1 Å². The molecule has 1 heterocycles. The van der Waals surface area contributed by atoms with E-state index in [1.54, 1.807) is 19.2 Å². The first-order valence-electron chi connectivity index (χ1n) is 4.09. The molecule has 0 unspecified atom stereocenters. The third kappa shape index (κ3) is 1.56. The van der Waals surface area contributed by atoms with Gasteiger partial charge in [-0.2, -0.15) is 4.98 Å². The van der Waals surface area contributed by atoms with Crippen molar-refractivity contribution in [1.29, 1.82) is 0 Å². The van der Waals surface area contributed by atoms with Crippen LogP contribution >= 0.6 is 11.6 Å². The first-order chi connectivity index (χ1) is 6.66. The molecule has 0 bridgehead atoms. The van der Waals surface area contributed by atoms with Crippen molar-refractivity contribution in [1.82, 2.24) is 14.8 Å².